The van der Waals surface area contributed by atoms with E-state index in [0.717, 1.165) is 23.5 Å². The zero-order valence-corrected chi connectivity index (χ0v) is 14.4. The van der Waals surface area contributed by atoms with E-state index in [1.807, 2.05) is 0 Å². The van der Waals surface area contributed by atoms with Gasteiger partial charge in [-0.2, -0.15) is 13.2 Å². The van der Waals surface area contributed by atoms with Crippen LogP contribution >= 0.6 is 22.9 Å². The predicted octanol–water partition coefficient (Wildman–Crippen LogP) is 3.88. The quantitative estimate of drug-likeness (QED) is 0.341. The van der Waals surface area contributed by atoms with E-state index in [1.165, 1.54) is 6.07 Å². The van der Waals surface area contributed by atoms with Crippen molar-refractivity contribution in [3.05, 3.63) is 51.2 Å². The van der Waals surface area contributed by atoms with Gasteiger partial charge in [-0.3, -0.25) is 4.79 Å². The number of alkyl halides is 3. The molecule has 11 heteroatoms. The van der Waals surface area contributed by atoms with Crippen LogP contribution in [0.15, 0.2) is 40.9 Å². The number of benzene rings is 1. The lowest BCUT2D eigenvalue weighted by Gasteiger charge is -2.11. The number of hydrogen-bond donors (Lipinski definition) is 2. The summed E-state index contributed by atoms with van der Waals surface area (Å²) in [6.45, 7) is 0. The van der Waals surface area contributed by atoms with E-state index >= 15 is 0 Å². The first-order chi connectivity index (χ1) is 12.2. The van der Waals surface area contributed by atoms with Gasteiger partial charge in [-0.05, 0) is 29.6 Å². The average molecular weight is 406 g/mol. The van der Waals surface area contributed by atoms with Crippen molar-refractivity contribution in [3.8, 4) is 0 Å². The Morgan fingerprint density at radius 3 is 2.65 bits per heavy atom. The van der Waals surface area contributed by atoms with Crippen molar-refractivity contribution in [1.82, 2.24) is 0 Å². The smallest absolute Gasteiger partial charge is 0.384 e. The van der Waals surface area contributed by atoms with Crippen molar-refractivity contribution in [1.29, 1.82) is 0 Å². The SMILES string of the molecule is N/C(CC(=O)Nc1cc(C(F)(F)F)ccc1Cl)=N\OC(=O)c1cccs1. The minimum absolute atomic E-state index is 0.0778. The molecule has 6 nitrogen and oxygen atoms in total. The maximum atomic E-state index is 12.7. The lowest BCUT2D eigenvalue weighted by molar-refractivity contribution is -0.137. The molecule has 3 N–H and O–H groups in total. The molecule has 0 atom stereocenters. The topological polar surface area (TPSA) is 93.8 Å². The Balaban J connectivity index is 1.97. The molecule has 0 aliphatic rings. The van der Waals surface area contributed by atoms with E-state index in [4.69, 9.17) is 17.3 Å². The van der Waals surface area contributed by atoms with Gasteiger partial charge in [0.2, 0.25) is 5.91 Å². The summed E-state index contributed by atoms with van der Waals surface area (Å²) in [7, 11) is 0. The first-order valence-electron chi connectivity index (χ1n) is 6.90. The Kier molecular flexibility index (Phi) is 6.22. The molecule has 0 unspecified atom stereocenters. The number of halogens is 4. The second-order valence-electron chi connectivity index (χ2n) is 4.86. The molecule has 138 valence electrons. The Morgan fingerprint density at radius 1 is 1.31 bits per heavy atom. The predicted molar refractivity (Wildman–Crippen MR) is 91.1 cm³/mol. The van der Waals surface area contributed by atoms with Crippen molar-refractivity contribution in [2.24, 2.45) is 10.9 Å². The molecule has 0 spiro atoms. The second kappa shape index (κ2) is 8.19. The summed E-state index contributed by atoms with van der Waals surface area (Å²) in [5.41, 5.74) is 4.27. The first-order valence-corrected chi connectivity index (χ1v) is 8.16. The largest absolute Gasteiger partial charge is 0.416 e. The first kappa shape index (κ1) is 19.7. The summed E-state index contributed by atoms with van der Waals surface area (Å²) in [6.07, 6.45) is -5.09. The maximum absolute atomic E-state index is 12.7. The Bertz CT molecular complexity index is 838. The van der Waals surface area contributed by atoms with E-state index in [2.05, 4.69) is 15.3 Å². The number of nitrogens with two attached hydrogens (primary N) is 1. The lowest BCUT2D eigenvalue weighted by atomic mass is 10.2. The van der Waals surface area contributed by atoms with Gasteiger partial charge in [-0.15, -0.1) is 11.3 Å². The van der Waals surface area contributed by atoms with Crippen LogP contribution in [0, 0.1) is 0 Å². The molecule has 1 amide bonds. The molecule has 2 aromatic rings. The van der Waals surface area contributed by atoms with Gasteiger partial charge >= 0.3 is 12.1 Å². The zero-order chi connectivity index (χ0) is 19.3. The summed E-state index contributed by atoms with van der Waals surface area (Å²) in [4.78, 5) is 28.3. The number of nitrogens with one attached hydrogen (secondary N) is 1. The van der Waals surface area contributed by atoms with Crippen LogP contribution < -0.4 is 11.1 Å². The minimum atomic E-state index is -4.58. The summed E-state index contributed by atoms with van der Waals surface area (Å²) in [5, 5.41) is 7.10. The van der Waals surface area contributed by atoms with E-state index < -0.39 is 30.0 Å². The van der Waals surface area contributed by atoms with Crippen LogP contribution in [0.3, 0.4) is 0 Å². The minimum Gasteiger partial charge on any atom is -0.384 e. The van der Waals surface area contributed by atoms with Gasteiger partial charge in [0.05, 0.1) is 22.7 Å². The summed E-state index contributed by atoms with van der Waals surface area (Å²) < 4.78 is 38.1. The number of carbonyl (C=O) groups is 2. The van der Waals surface area contributed by atoms with Crippen LogP contribution in [-0.2, 0) is 15.8 Å². The van der Waals surface area contributed by atoms with Gasteiger partial charge in [0.15, 0.2) is 0 Å². The van der Waals surface area contributed by atoms with E-state index in [9.17, 15) is 22.8 Å². The Labute approximate surface area is 154 Å². The summed E-state index contributed by atoms with van der Waals surface area (Å²) in [5.74, 6) is -1.86. The van der Waals surface area contributed by atoms with Gasteiger partial charge in [0, 0.05) is 0 Å². The number of nitrogens with zero attached hydrogens (tertiary/aromatic N) is 1. The molecule has 0 aliphatic carbocycles. The molecule has 1 heterocycles. The van der Waals surface area contributed by atoms with Crippen molar-refractivity contribution in [2.45, 2.75) is 12.6 Å². The van der Waals surface area contributed by atoms with Gasteiger partial charge in [0.25, 0.3) is 0 Å². The summed E-state index contributed by atoms with van der Waals surface area (Å²) >= 11 is 6.91. The monoisotopic (exact) mass is 405 g/mol. The van der Waals surface area contributed by atoms with Crippen molar-refractivity contribution in [3.63, 3.8) is 0 Å². The third kappa shape index (κ3) is 5.46. The maximum Gasteiger partial charge on any atom is 0.416 e. The number of oxime groups is 1. The molecule has 0 aliphatic heterocycles. The lowest BCUT2D eigenvalue weighted by Crippen LogP contribution is -2.23. The molecule has 0 fully saturated rings. The van der Waals surface area contributed by atoms with Crippen LogP contribution in [0.5, 0.6) is 0 Å². The van der Waals surface area contributed by atoms with Crippen LogP contribution in [0.4, 0.5) is 18.9 Å². The molecule has 1 aromatic heterocycles. The standard InChI is InChI=1S/C15H11ClF3N3O3S/c16-9-4-3-8(15(17,18)19)6-10(9)21-13(23)7-12(20)22-25-14(24)11-2-1-5-26-11/h1-6H,7H2,(H2,20,22)(H,21,23). The number of amides is 1. The van der Waals surface area contributed by atoms with Crippen LogP contribution in [0.2, 0.25) is 5.02 Å². The molecule has 0 saturated heterocycles. The van der Waals surface area contributed by atoms with E-state index in [0.29, 0.717) is 10.9 Å². The molecule has 26 heavy (non-hydrogen) atoms. The fraction of sp³-hybridized carbons (Fsp3) is 0.133. The third-order valence-electron chi connectivity index (χ3n) is 2.88. The molecule has 0 radical (unpaired) electrons. The van der Waals surface area contributed by atoms with Crippen LogP contribution in [-0.4, -0.2) is 17.7 Å². The van der Waals surface area contributed by atoms with Gasteiger partial charge in [0.1, 0.15) is 10.7 Å². The van der Waals surface area contributed by atoms with Crippen LogP contribution in [0.1, 0.15) is 21.7 Å². The van der Waals surface area contributed by atoms with E-state index in [-0.39, 0.29) is 16.5 Å². The normalized spacial score (nSPS) is 11.9. The highest BCUT2D eigenvalue weighted by Gasteiger charge is 2.31. The Morgan fingerprint density at radius 2 is 2.04 bits per heavy atom. The molecule has 1 aromatic carbocycles. The van der Waals surface area contributed by atoms with Crippen LogP contribution in [0.25, 0.3) is 0 Å². The van der Waals surface area contributed by atoms with Crippen molar-refractivity contribution >= 4 is 46.3 Å². The van der Waals surface area contributed by atoms with E-state index in [1.54, 1.807) is 11.4 Å². The summed E-state index contributed by atoms with van der Waals surface area (Å²) in [6, 6.07) is 5.66. The number of hydrogen-bond acceptors (Lipinski definition) is 5. The zero-order valence-electron chi connectivity index (χ0n) is 12.8. The number of carbonyl (C=O) groups excluding carboxylic acids is 2. The molecule has 0 bridgehead atoms. The number of anilines is 1. The van der Waals surface area contributed by atoms with Crippen molar-refractivity contribution in [2.75, 3.05) is 5.32 Å². The fourth-order valence-electron chi connectivity index (χ4n) is 1.73. The average Bonchev–Trinajstić information content (AvgIpc) is 3.08. The second-order valence-corrected chi connectivity index (χ2v) is 6.21. The van der Waals surface area contributed by atoms with Gasteiger partial charge < -0.3 is 15.9 Å². The highest BCUT2D eigenvalue weighted by Crippen LogP contribution is 2.33. The number of amidine groups is 1. The van der Waals surface area contributed by atoms with Crippen molar-refractivity contribution < 1.29 is 27.6 Å². The molecule has 2 rings (SSSR count). The third-order valence-corrected chi connectivity index (χ3v) is 4.06. The van der Waals surface area contributed by atoms with Gasteiger partial charge in [-0.25, -0.2) is 4.79 Å². The highest BCUT2D eigenvalue weighted by atomic mass is 35.5. The number of rotatable bonds is 5. The highest BCUT2D eigenvalue weighted by molar-refractivity contribution is 7.11. The number of thiophene rings is 1. The molecular formula is C15H11ClF3N3O3S. The molecular weight excluding hydrogens is 395 g/mol. The van der Waals surface area contributed by atoms with Gasteiger partial charge in [-0.1, -0.05) is 22.8 Å². The Hall–Kier alpha value is -2.59. The fourth-order valence-corrected chi connectivity index (χ4v) is 2.49. The molecule has 0 saturated carbocycles.